The Bertz CT molecular complexity index is 839. The van der Waals surface area contributed by atoms with E-state index in [1.807, 2.05) is 4.90 Å². The normalized spacial score (nSPS) is 16.2. The summed E-state index contributed by atoms with van der Waals surface area (Å²) in [4.78, 5) is 30.2. The van der Waals surface area contributed by atoms with Gasteiger partial charge in [-0.3, -0.25) is 14.6 Å². The summed E-state index contributed by atoms with van der Waals surface area (Å²) in [6.45, 7) is 0.940. The molecule has 2 heterocycles. The molecule has 2 N–H and O–H groups in total. The molecule has 2 aromatic rings. The second-order valence-corrected chi connectivity index (χ2v) is 6.71. The Morgan fingerprint density at radius 2 is 2.18 bits per heavy atom. The van der Waals surface area contributed by atoms with Gasteiger partial charge in [-0.2, -0.15) is 0 Å². The van der Waals surface area contributed by atoms with E-state index in [-0.39, 0.29) is 29.9 Å². The highest BCUT2D eigenvalue weighted by atomic mass is 16.5. The SMILES string of the molecule is O=Cc1c(O)cccc1OCC[C@@H]1CCCN1C(=O)c1cccnc1CCO. The first-order valence-corrected chi connectivity index (χ1v) is 9.41. The molecule has 1 fully saturated rings. The Morgan fingerprint density at radius 3 is 2.96 bits per heavy atom. The number of aromatic hydroxyl groups is 1. The molecule has 1 aliphatic heterocycles. The van der Waals surface area contributed by atoms with Crippen molar-refractivity contribution in [2.45, 2.75) is 31.7 Å². The molecule has 0 saturated carbocycles. The minimum absolute atomic E-state index is 0.0340. The van der Waals surface area contributed by atoms with E-state index in [1.165, 1.54) is 6.07 Å². The topological polar surface area (TPSA) is 100.0 Å². The summed E-state index contributed by atoms with van der Waals surface area (Å²) < 4.78 is 5.69. The number of aliphatic hydroxyl groups excluding tert-OH is 1. The van der Waals surface area contributed by atoms with E-state index in [9.17, 15) is 19.8 Å². The van der Waals surface area contributed by atoms with Crippen LogP contribution in [0.15, 0.2) is 36.5 Å². The molecule has 1 aromatic carbocycles. The highest BCUT2D eigenvalue weighted by Crippen LogP contribution is 2.27. The number of benzene rings is 1. The second-order valence-electron chi connectivity index (χ2n) is 6.71. The number of pyridine rings is 1. The monoisotopic (exact) mass is 384 g/mol. The number of hydrogen-bond donors (Lipinski definition) is 2. The van der Waals surface area contributed by atoms with E-state index in [4.69, 9.17) is 4.74 Å². The summed E-state index contributed by atoms with van der Waals surface area (Å²) in [5, 5.41) is 18.9. The molecule has 28 heavy (non-hydrogen) atoms. The van der Waals surface area contributed by atoms with Crippen molar-refractivity contribution in [2.24, 2.45) is 0 Å². The molecule has 148 valence electrons. The lowest BCUT2D eigenvalue weighted by Crippen LogP contribution is -2.37. The van der Waals surface area contributed by atoms with Gasteiger partial charge >= 0.3 is 0 Å². The molecule has 1 amide bonds. The average Bonchev–Trinajstić information content (AvgIpc) is 3.17. The third-order valence-electron chi connectivity index (χ3n) is 4.98. The van der Waals surface area contributed by atoms with Crippen LogP contribution in [-0.4, -0.2) is 58.1 Å². The number of carbonyl (C=O) groups excluding carboxylic acids is 2. The maximum atomic E-state index is 13.0. The van der Waals surface area contributed by atoms with Crippen molar-refractivity contribution in [1.82, 2.24) is 9.88 Å². The summed E-state index contributed by atoms with van der Waals surface area (Å²) in [6, 6.07) is 8.20. The number of aliphatic hydroxyl groups is 1. The van der Waals surface area contributed by atoms with Crippen LogP contribution in [-0.2, 0) is 6.42 Å². The molecule has 0 radical (unpaired) electrons. The number of phenolic OH excluding ortho intramolecular Hbond substituents is 1. The Kier molecular flexibility index (Phi) is 6.60. The first-order chi connectivity index (χ1) is 13.7. The predicted octanol–water partition coefficient (Wildman–Crippen LogP) is 2.21. The minimum Gasteiger partial charge on any atom is -0.507 e. The van der Waals surface area contributed by atoms with Crippen LogP contribution in [0, 0.1) is 0 Å². The maximum absolute atomic E-state index is 13.0. The zero-order valence-electron chi connectivity index (χ0n) is 15.6. The molecule has 0 bridgehead atoms. The van der Waals surface area contributed by atoms with Gasteiger partial charge in [0.15, 0.2) is 6.29 Å². The van der Waals surface area contributed by atoms with E-state index < -0.39 is 0 Å². The molecular formula is C21H24N2O5. The van der Waals surface area contributed by atoms with Crippen LogP contribution in [0.1, 0.15) is 45.7 Å². The fraction of sp³-hybridized carbons (Fsp3) is 0.381. The van der Waals surface area contributed by atoms with Gasteiger partial charge in [-0.25, -0.2) is 0 Å². The zero-order valence-corrected chi connectivity index (χ0v) is 15.6. The molecule has 1 saturated heterocycles. The first-order valence-electron chi connectivity index (χ1n) is 9.41. The lowest BCUT2D eigenvalue weighted by Gasteiger charge is -2.25. The third-order valence-corrected chi connectivity index (χ3v) is 4.98. The van der Waals surface area contributed by atoms with Gasteiger partial charge in [-0.15, -0.1) is 0 Å². The molecular weight excluding hydrogens is 360 g/mol. The lowest BCUT2D eigenvalue weighted by molar-refractivity contribution is 0.0717. The largest absolute Gasteiger partial charge is 0.507 e. The van der Waals surface area contributed by atoms with Crippen LogP contribution in [0.3, 0.4) is 0 Å². The van der Waals surface area contributed by atoms with Crippen molar-refractivity contribution in [1.29, 1.82) is 0 Å². The van der Waals surface area contributed by atoms with Crippen molar-refractivity contribution in [3.05, 3.63) is 53.3 Å². The molecule has 1 aliphatic rings. The number of aromatic nitrogens is 1. The molecule has 0 aliphatic carbocycles. The molecule has 0 unspecified atom stereocenters. The van der Waals surface area contributed by atoms with Gasteiger partial charge in [0, 0.05) is 38.2 Å². The van der Waals surface area contributed by atoms with Gasteiger partial charge in [0.1, 0.15) is 11.5 Å². The van der Waals surface area contributed by atoms with Crippen LogP contribution in [0.2, 0.25) is 0 Å². The number of likely N-dealkylation sites (tertiary alicyclic amines) is 1. The second kappa shape index (κ2) is 9.32. The Hall–Kier alpha value is -2.93. The van der Waals surface area contributed by atoms with Gasteiger partial charge in [0.05, 0.1) is 23.4 Å². The standard InChI is InChI=1S/C21H24N2O5/c24-12-8-18-16(5-2-10-22-18)21(27)23-11-3-4-15(23)9-13-28-20-7-1-6-19(26)17(20)14-25/h1-2,5-7,10,14-15,24,26H,3-4,8-9,11-13H2/t15-/m0/s1. The van der Waals surface area contributed by atoms with Crippen molar-refractivity contribution < 1.29 is 24.5 Å². The quantitative estimate of drug-likeness (QED) is 0.677. The number of amides is 1. The third kappa shape index (κ3) is 4.31. The van der Waals surface area contributed by atoms with Gasteiger partial charge in [0.2, 0.25) is 0 Å². The van der Waals surface area contributed by atoms with Gasteiger partial charge in [0.25, 0.3) is 5.91 Å². The Morgan fingerprint density at radius 1 is 1.32 bits per heavy atom. The Balaban J connectivity index is 1.65. The highest BCUT2D eigenvalue weighted by molar-refractivity contribution is 5.95. The number of carbonyl (C=O) groups is 2. The fourth-order valence-electron chi connectivity index (χ4n) is 3.58. The molecule has 0 spiro atoms. The Labute approximate surface area is 163 Å². The highest BCUT2D eigenvalue weighted by Gasteiger charge is 2.30. The molecule has 1 atom stereocenters. The molecule has 3 rings (SSSR count). The van der Waals surface area contributed by atoms with Crippen LogP contribution in [0.4, 0.5) is 0 Å². The molecule has 7 heteroatoms. The van der Waals surface area contributed by atoms with Crippen molar-refractivity contribution in [3.63, 3.8) is 0 Å². The predicted molar refractivity (Wildman–Crippen MR) is 103 cm³/mol. The van der Waals surface area contributed by atoms with Crippen LogP contribution in [0.5, 0.6) is 11.5 Å². The number of hydrogen-bond acceptors (Lipinski definition) is 6. The number of ether oxygens (including phenoxy) is 1. The number of rotatable bonds is 8. The van der Waals surface area contributed by atoms with Crippen molar-refractivity contribution in [2.75, 3.05) is 19.8 Å². The van der Waals surface area contributed by atoms with Crippen LogP contribution >= 0.6 is 0 Å². The smallest absolute Gasteiger partial charge is 0.255 e. The molecule has 1 aromatic heterocycles. The van der Waals surface area contributed by atoms with E-state index in [0.717, 1.165) is 12.8 Å². The zero-order chi connectivity index (χ0) is 19.9. The summed E-state index contributed by atoms with van der Waals surface area (Å²) in [6.07, 6.45) is 4.95. The van der Waals surface area contributed by atoms with Gasteiger partial charge in [-0.1, -0.05) is 6.07 Å². The summed E-state index contributed by atoms with van der Waals surface area (Å²) in [7, 11) is 0. The number of nitrogens with zero attached hydrogens (tertiary/aromatic N) is 2. The molecule has 7 nitrogen and oxygen atoms in total. The maximum Gasteiger partial charge on any atom is 0.255 e. The summed E-state index contributed by atoms with van der Waals surface area (Å²) in [5.74, 6) is 0.145. The van der Waals surface area contributed by atoms with E-state index in [1.54, 1.807) is 30.5 Å². The van der Waals surface area contributed by atoms with E-state index in [2.05, 4.69) is 4.98 Å². The first kappa shape index (κ1) is 19.8. The van der Waals surface area contributed by atoms with E-state index >= 15 is 0 Å². The lowest BCUT2D eigenvalue weighted by atomic mass is 10.1. The van der Waals surface area contributed by atoms with Crippen LogP contribution < -0.4 is 4.74 Å². The number of aldehydes is 1. The average molecular weight is 384 g/mol. The van der Waals surface area contributed by atoms with E-state index in [0.29, 0.717) is 49.3 Å². The summed E-state index contributed by atoms with van der Waals surface area (Å²) >= 11 is 0. The number of phenols is 1. The van der Waals surface area contributed by atoms with Crippen molar-refractivity contribution in [3.8, 4) is 11.5 Å². The summed E-state index contributed by atoms with van der Waals surface area (Å²) in [5.41, 5.74) is 1.26. The van der Waals surface area contributed by atoms with Gasteiger partial charge < -0.3 is 19.8 Å². The minimum atomic E-state index is -0.113. The van der Waals surface area contributed by atoms with Crippen molar-refractivity contribution >= 4 is 12.2 Å². The fourth-order valence-corrected chi connectivity index (χ4v) is 3.58. The van der Waals surface area contributed by atoms with Crippen LogP contribution in [0.25, 0.3) is 0 Å². The van der Waals surface area contributed by atoms with Gasteiger partial charge in [-0.05, 0) is 37.1 Å².